The van der Waals surface area contributed by atoms with Crippen LogP contribution in [0.25, 0.3) is 0 Å². The molecule has 2 heterocycles. The molecule has 0 unspecified atom stereocenters. The van der Waals surface area contributed by atoms with Gasteiger partial charge in [0.1, 0.15) is 5.75 Å². The summed E-state index contributed by atoms with van der Waals surface area (Å²) in [6, 6.07) is 13.8. The van der Waals surface area contributed by atoms with Gasteiger partial charge in [-0.2, -0.15) is 0 Å². The van der Waals surface area contributed by atoms with E-state index >= 15 is 0 Å². The number of methoxy groups -OCH3 is 1. The number of hydrogen-bond acceptors (Lipinski definition) is 7. The lowest BCUT2D eigenvalue weighted by Crippen LogP contribution is -2.24. The highest BCUT2D eigenvalue weighted by atomic mass is 35.5. The van der Waals surface area contributed by atoms with Crippen molar-refractivity contribution in [1.29, 1.82) is 10.8 Å². The number of benzene rings is 2. The van der Waals surface area contributed by atoms with E-state index in [2.05, 4.69) is 32.3 Å². The van der Waals surface area contributed by atoms with Crippen LogP contribution >= 0.6 is 11.6 Å². The van der Waals surface area contributed by atoms with Gasteiger partial charge in [-0.3, -0.25) is 4.90 Å². The van der Waals surface area contributed by atoms with E-state index in [1.165, 1.54) is 5.56 Å². The van der Waals surface area contributed by atoms with Crippen LogP contribution < -0.4 is 10.1 Å². The molecule has 0 saturated carbocycles. The highest BCUT2D eigenvalue weighted by molar-refractivity contribution is 6.32. The van der Waals surface area contributed by atoms with E-state index in [4.69, 9.17) is 27.2 Å². The first-order valence-electron chi connectivity index (χ1n) is 11.8. The Morgan fingerprint density at radius 1 is 1.14 bits per heavy atom. The Balaban J connectivity index is 1.45. The molecule has 0 amide bonds. The van der Waals surface area contributed by atoms with Crippen LogP contribution in [0, 0.1) is 17.7 Å². The molecule has 1 aliphatic heterocycles. The largest absolute Gasteiger partial charge is 0.495 e. The number of nitrogens with zero attached hydrogens (tertiary/aromatic N) is 3. The summed E-state index contributed by atoms with van der Waals surface area (Å²) in [6.07, 6.45) is 4.97. The number of nitrogens with one attached hydrogen (secondary N) is 3. The number of rotatable bonds is 8. The molecule has 0 bridgehead atoms. The maximum Gasteiger partial charge on any atom is 0.227 e. The fourth-order valence-electron chi connectivity index (χ4n) is 4.25. The first-order valence-corrected chi connectivity index (χ1v) is 12.2. The quantitative estimate of drug-likeness (QED) is 0.346. The van der Waals surface area contributed by atoms with Gasteiger partial charge >= 0.3 is 0 Å². The van der Waals surface area contributed by atoms with Crippen molar-refractivity contribution in [1.82, 2.24) is 14.9 Å². The van der Waals surface area contributed by atoms with E-state index in [9.17, 15) is 0 Å². The van der Waals surface area contributed by atoms with Gasteiger partial charge in [-0.25, -0.2) is 9.97 Å². The third-order valence-electron chi connectivity index (χ3n) is 6.13. The molecule has 3 aromatic rings. The Morgan fingerprint density at radius 3 is 2.83 bits per heavy atom. The number of anilines is 2. The maximum absolute atomic E-state index is 8.66. The van der Waals surface area contributed by atoms with E-state index < -0.39 is 0 Å². The zero-order valence-corrected chi connectivity index (χ0v) is 21.0. The highest BCUT2D eigenvalue weighted by Gasteiger charge is 2.14. The first kappa shape index (κ1) is 24.8. The molecule has 0 spiro atoms. The molecule has 0 atom stereocenters. The van der Waals surface area contributed by atoms with E-state index in [1.807, 2.05) is 31.2 Å². The van der Waals surface area contributed by atoms with Crippen LogP contribution in [0.4, 0.5) is 11.6 Å². The predicted molar refractivity (Wildman–Crippen MR) is 142 cm³/mol. The molecule has 0 aliphatic carbocycles. The van der Waals surface area contributed by atoms with Crippen molar-refractivity contribution >= 4 is 34.7 Å². The van der Waals surface area contributed by atoms with Crippen molar-refractivity contribution in [2.45, 2.75) is 39.2 Å². The van der Waals surface area contributed by atoms with Gasteiger partial charge < -0.3 is 20.9 Å². The first-order chi connectivity index (χ1) is 16.9. The van der Waals surface area contributed by atoms with E-state index in [1.54, 1.807) is 19.4 Å². The molecule has 1 saturated heterocycles. The van der Waals surface area contributed by atoms with Gasteiger partial charge in [0.2, 0.25) is 5.95 Å². The molecular formula is C27H31ClN6O. The van der Waals surface area contributed by atoms with Crippen LogP contribution in [0.5, 0.6) is 5.75 Å². The Kier molecular flexibility index (Phi) is 8.10. The SMILES string of the molecule is COc1cc(CC(=N)c2nc(Nc3cccc(CN4CCCC(=N)CC4)c3)ncc2C)ccc1Cl. The lowest BCUT2D eigenvalue weighted by atomic mass is 10.0. The molecule has 8 heteroatoms. The van der Waals surface area contributed by atoms with Gasteiger partial charge in [-0.1, -0.05) is 29.8 Å². The molecule has 7 nitrogen and oxygen atoms in total. The molecule has 4 rings (SSSR count). The van der Waals surface area contributed by atoms with Crippen molar-refractivity contribution in [2.24, 2.45) is 0 Å². The summed E-state index contributed by atoms with van der Waals surface area (Å²) >= 11 is 6.13. The average Bonchev–Trinajstić information content (AvgIpc) is 3.05. The maximum atomic E-state index is 8.66. The second-order valence-corrected chi connectivity index (χ2v) is 9.32. The molecule has 182 valence electrons. The molecule has 3 N–H and O–H groups in total. The molecular weight excluding hydrogens is 460 g/mol. The van der Waals surface area contributed by atoms with Gasteiger partial charge in [-0.05, 0) is 73.7 Å². The molecule has 1 aliphatic rings. The standard InChI is InChI=1S/C27H31ClN6O/c1-18-16-31-27(33-26(18)24(30)14-19-8-9-23(28)25(15-19)35-2)32-22-7-3-5-20(13-22)17-34-11-4-6-21(29)10-12-34/h3,5,7-9,13,15-16,29-30H,4,6,10-12,14,17H2,1-2H3,(H,31,32,33). The third kappa shape index (κ3) is 6.65. The van der Waals surface area contributed by atoms with Crippen molar-refractivity contribution < 1.29 is 4.74 Å². The lowest BCUT2D eigenvalue weighted by Gasteiger charge is -2.20. The summed E-state index contributed by atoms with van der Waals surface area (Å²) in [4.78, 5) is 11.5. The Hall–Kier alpha value is -3.29. The van der Waals surface area contributed by atoms with Gasteiger partial charge in [0.05, 0.1) is 23.5 Å². The van der Waals surface area contributed by atoms with E-state index in [0.717, 1.165) is 61.4 Å². The molecule has 35 heavy (non-hydrogen) atoms. The summed E-state index contributed by atoms with van der Waals surface area (Å²) in [5.41, 5.74) is 5.77. The minimum absolute atomic E-state index is 0.401. The number of halogens is 1. The van der Waals surface area contributed by atoms with Gasteiger partial charge in [-0.15, -0.1) is 0 Å². The minimum Gasteiger partial charge on any atom is -0.495 e. The normalized spacial score (nSPS) is 14.4. The van der Waals surface area contributed by atoms with Crippen LogP contribution in [0.3, 0.4) is 0 Å². The summed E-state index contributed by atoms with van der Waals surface area (Å²) in [5, 5.41) is 20.4. The fourth-order valence-corrected chi connectivity index (χ4v) is 4.44. The Morgan fingerprint density at radius 2 is 2.00 bits per heavy atom. The molecule has 1 fully saturated rings. The van der Waals surface area contributed by atoms with Crippen LogP contribution in [0.15, 0.2) is 48.7 Å². The zero-order chi connectivity index (χ0) is 24.8. The Labute approximate surface area is 211 Å². The fraction of sp³-hybridized carbons (Fsp3) is 0.333. The summed E-state index contributed by atoms with van der Waals surface area (Å²) in [6.45, 7) is 4.73. The Bertz CT molecular complexity index is 1230. The van der Waals surface area contributed by atoms with Crippen molar-refractivity contribution in [2.75, 3.05) is 25.5 Å². The smallest absolute Gasteiger partial charge is 0.227 e. The average molecular weight is 491 g/mol. The van der Waals surface area contributed by atoms with Crippen LogP contribution in [-0.2, 0) is 13.0 Å². The van der Waals surface area contributed by atoms with Gasteiger partial charge in [0.15, 0.2) is 0 Å². The number of likely N-dealkylation sites (tertiary alicyclic amines) is 1. The van der Waals surface area contributed by atoms with Crippen LogP contribution in [-0.4, -0.2) is 46.5 Å². The minimum atomic E-state index is 0.401. The van der Waals surface area contributed by atoms with Gasteiger partial charge in [0.25, 0.3) is 0 Å². The highest BCUT2D eigenvalue weighted by Crippen LogP contribution is 2.26. The van der Waals surface area contributed by atoms with Crippen molar-refractivity contribution in [3.63, 3.8) is 0 Å². The van der Waals surface area contributed by atoms with Crippen LogP contribution in [0.2, 0.25) is 5.02 Å². The number of aromatic nitrogens is 2. The third-order valence-corrected chi connectivity index (χ3v) is 6.44. The topological polar surface area (TPSA) is 98.0 Å². The zero-order valence-electron chi connectivity index (χ0n) is 20.2. The number of aryl methyl sites for hydroxylation is 1. The second kappa shape index (κ2) is 11.4. The molecule has 1 aromatic heterocycles. The monoisotopic (exact) mass is 490 g/mol. The summed E-state index contributed by atoms with van der Waals surface area (Å²) in [5.74, 6) is 1.06. The van der Waals surface area contributed by atoms with Crippen molar-refractivity contribution in [3.05, 3.63) is 76.1 Å². The molecule has 0 radical (unpaired) electrons. The van der Waals surface area contributed by atoms with Crippen LogP contribution in [0.1, 0.15) is 41.6 Å². The number of hydrogen-bond donors (Lipinski definition) is 3. The predicted octanol–water partition coefficient (Wildman–Crippen LogP) is 5.81. The number of ether oxygens (including phenoxy) is 1. The van der Waals surface area contributed by atoms with E-state index in [-0.39, 0.29) is 0 Å². The second-order valence-electron chi connectivity index (χ2n) is 8.91. The summed E-state index contributed by atoms with van der Waals surface area (Å²) < 4.78 is 5.30. The van der Waals surface area contributed by atoms with Crippen molar-refractivity contribution in [3.8, 4) is 5.75 Å². The van der Waals surface area contributed by atoms with Gasteiger partial charge in [0, 0.05) is 37.1 Å². The molecule has 2 aromatic carbocycles. The van der Waals surface area contributed by atoms with E-state index in [0.29, 0.717) is 34.5 Å². The summed E-state index contributed by atoms with van der Waals surface area (Å²) in [7, 11) is 1.58. The lowest BCUT2D eigenvalue weighted by molar-refractivity contribution is 0.279.